The summed E-state index contributed by atoms with van der Waals surface area (Å²) in [5.41, 5.74) is -2.55. The van der Waals surface area contributed by atoms with Gasteiger partial charge in [0.25, 0.3) is 0 Å². The second-order valence-corrected chi connectivity index (χ2v) is 24.7. The summed E-state index contributed by atoms with van der Waals surface area (Å²) < 4.78 is 49.8. The summed E-state index contributed by atoms with van der Waals surface area (Å²) in [6, 6.07) is 0.151. The minimum atomic E-state index is -1.13. The third-order valence-corrected chi connectivity index (χ3v) is 15.9. The normalized spacial score (nSPS) is 13.0. The topological polar surface area (TPSA) is 357 Å². The van der Waals surface area contributed by atoms with Crippen molar-refractivity contribution in [3.63, 3.8) is 0 Å². The van der Waals surface area contributed by atoms with E-state index in [2.05, 4.69) is 80.9 Å². The Labute approximate surface area is 574 Å². The lowest BCUT2D eigenvalue weighted by atomic mass is 9.85. The lowest BCUT2D eigenvalue weighted by Crippen LogP contribution is -2.58. The maximum atomic E-state index is 13.9. The Bertz CT molecular complexity index is 2080. The molecule has 28 heteroatoms. The van der Waals surface area contributed by atoms with Crippen LogP contribution in [0.5, 0.6) is 0 Å². The van der Waals surface area contributed by atoms with Gasteiger partial charge < -0.3 is 90.5 Å². The van der Waals surface area contributed by atoms with Crippen LogP contribution in [-0.2, 0) is 85.8 Å². The number of esters is 1. The van der Waals surface area contributed by atoms with Crippen molar-refractivity contribution in [3.05, 3.63) is 0 Å². The summed E-state index contributed by atoms with van der Waals surface area (Å²) in [5.74, 6) is -2.38. The van der Waals surface area contributed by atoms with Crippen LogP contribution in [0.15, 0.2) is 0 Å². The molecule has 0 rings (SSSR count). The van der Waals surface area contributed by atoms with E-state index in [1.54, 1.807) is 27.7 Å². The molecule has 0 bridgehead atoms. The Hall–Kier alpha value is -4.85. The number of nitrogens with one attached hydrogen (secondary N) is 10. The fourth-order valence-corrected chi connectivity index (χ4v) is 9.48. The van der Waals surface area contributed by atoms with E-state index in [4.69, 9.17) is 42.6 Å². The highest BCUT2D eigenvalue weighted by molar-refractivity contribution is 5.93. The van der Waals surface area contributed by atoms with Crippen molar-refractivity contribution in [1.29, 1.82) is 0 Å². The number of hydrogen-bond acceptors (Lipinski definition) is 22. The Morgan fingerprint density at radius 2 is 0.719 bits per heavy atom. The molecular weight excluding hydrogens is 1240 g/mol. The van der Waals surface area contributed by atoms with Crippen LogP contribution >= 0.6 is 0 Å². The van der Waals surface area contributed by atoms with E-state index >= 15 is 0 Å². The Balaban J connectivity index is 4.98. The Morgan fingerprint density at radius 3 is 1.08 bits per heavy atom. The maximum Gasteiger partial charge on any atom is 0.306 e. The highest BCUT2D eigenvalue weighted by Crippen LogP contribution is 2.21. The number of hydrogen-bond donors (Lipinski definition) is 10. The molecule has 0 aromatic carbocycles. The molecule has 96 heavy (non-hydrogen) atoms. The average molecular weight is 1380 g/mol. The van der Waals surface area contributed by atoms with Crippen LogP contribution in [0.2, 0.25) is 0 Å². The molecule has 28 nitrogen and oxygen atoms in total. The van der Waals surface area contributed by atoms with Gasteiger partial charge >= 0.3 is 5.97 Å². The van der Waals surface area contributed by atoms with E-state index in [0.717, 1.165) is 32.4 Å². The summed E-state index contributed by atoms with van der Waals surface area (Å²) >= 11 is 0. The number of ether oxygens (including phenoxy) is 9. The van der Waals surface area contributed by atoms with Crippen LogP contribution < -0.4 is 53.2 Å². The first-order valence-electron chi connectivity index (χ1n) is 35.5. The van der Waals surface area contributed by atoms with Crippen molar-refractivity contribution in [2.75, 3.05) is 165 Å². The molecule has 0 aromatic rings. The summed E-state index contributed by atoms with van der Waals surface area (Å²) in [6.07, 6.45) is 6.26. The highest BCUT2D eigenvalue weighted by atomic mass is 16.6. The minimum Gasteiger partial charge on any atom is -0.460 e. The lowest BCUT2D eigenvalue weighted by Gasteiger charge is -2.33. The van der Waals surface area contributed by atoms with Crippen LogP contribution in [0.4, 0.5) is 0 Å². The molecule has 560 valence electrons. The van der Waals surface area contributed by atoms with Crippen molar-refractivity contribution >= 4 is 53.0 Å². The molecule has 0 aliphatic heterocycles. The predicted molar refractivity (Wildman–Crippen MR) is 368 cm³/mol. The third kappa shape index (κ3) is 50.5. The summed E-state index contributed by atoms with van der Waals surface area (Å²) in [6.45, 7) is 30.4. The molecular formula is C68H130N10O18. The molecule has 0 fully saturated rings. The van der Waals surface area contributed by atoms with Gasteiger partial charge in [-0.2, -0.15) is 0 Å². The van der Waals surface area contributed by atoms with Crippen molar-refractivity contribution < 1.29 is 85.8 Å². The van der Waals surface area contributed by atoms with Gasteiger partial charge in [-0.05, 0) is 92.5 Å². The van der Waals surface area contributed by atoms with Gasteiger partial charge in [0.1, 0.15) is 5.60 Å². The summed E-state index contributed by atoms with van der Waals surface area (Å²) in [4.78, 5) is 115. The number of ketones is 2. The van der Waals surface area contributed by atoms with Crippen LogP contribution in [0.3, 0.4) is 0 Å². The van der Waals surface area contributed by atoms with Gasteiger partial charge in [-0.3, -0.25) is 48.5 Å². The molecule has 0 aromatic heterocycles. The Kier molecular flexibility index (Phi) is 56.1. The number of carbonyl (C=O) groups excluding carboxylic acids is 9. The molecule has 2 unspecified atom stereocenters. The minimum absolute atomic E-state index is 0.000624. The molecule has 6 amide bonds. The van der Waals surface area contributed by atoms with E-state index in [1.807, 2.05) is 20.8 Å². The van der Waals surface area contributed by atoms with E-state index in [9.17, 15) is 43.2 Å². The van der Waals surface area contributed by atoms with Crippen molar-refractivity contribution in [2.45, 2.75) is 220 Å². The zero-order chi connectivity index (χ0) is 71.6. The van der Waals surface area contributed by atoms with Gasteiger partial charge in [-0.25, -0.2) is 0 Å². The number of unbranched alkanes of at least 4 members (excludes halogenated alkanes) is 1. The molecule has 0 heterocycles. The summed E-state index contributed by atoms with van der Waals surface area (Å²) in [5, 5.41) is 30.3. The van der Waals surface area contributed by atoms with Crippen molar-refractivity contribution in [1.82, 2.24) is 53.2 Å². The van der Waals surface area contributed by atoms with Crippen molar-refractivity contribution in [2.24, 2.45) is 0 Å². The third-order valence-electron chi connectivity index (χ3n) is 15.9. The van der Waals surface area contributed by atoms with Crippen LogP contribution in [-0.4, -0.2) is 252 Å². The van der Waals surface area contributed by atoms with Gasteiger partial charge in [-0.1, -0.05) is 48.0 Å². The van der Waals surface area contributed by atoms with Gasteiger partial charge in [-0.15, -0.1) is 0 Å². The molecule has 0 saturated carbocycles. The van der Waals surface area contributed by atoms with E-state index < -0.39 is 28.7 Å². The Morgan fingerprint density at radius 1 is 0.365 bits per heavy atom. The number of carbonyl (C=O) groups is 9. The van der Waals surface area contributed by atoms with Gasteiger partial charge in [0, 0.05) is 109 Å². The lowest BCUT2D eigenvalue weighted by molar-refractivity contribution is -0.155. The standard InChI is InChI=1S/C68H130N10O18/c1-12-54(7)69-30-38-88-46-48-90-40-32-71-59(81)23-21-57(79)67(11,15-4)78-56(20-18-19-29-77-68(16-5,17-6)58(80)22-24-60(82)72-33-41-91-49-47-89-39-31-70-55(13-2)14-3)65(87)76-37-45-95-53-52-93-43-35-74-62(84)26-25-61(83)73-34-42-92-50-51-94-44-36-75-63(85)27-28-64(86)96-66(8,9)10/h54-56,69-70,77-78H,12-53H2,1-11H3,(H,71,81)(H,72,82)(H,73,83)(H,74,84)(H,75,85)(H,76,87)/t54?,56-,67?/m0/s1. The van der Waals surface area contributed by atoms with Gasteiger partial charge in [0.05, 0.1) is 129 Å². The van der Waals surface area contributed by atoms with E-state index in [0.29, 0.717) is 117 Å². The quantitative estimate of drug-likeness (QED) is 0.0309. The number of rotatable bonds is 67. The fraction of sp³-hybridized carbons (Fsp3) is 0.868. The largest absolute Gasteiger partial charge is 0.460 e. The zero-order valence-corrected chi connectivity index (χ0v) is 60.8. The first-order valence-corrected chi connectivity index (χ1v) is 35.5. The molecule has 10 N–H and O–H groups in total. The second kappa shape index (κ2) is 59.1. The molecule has 0 spiro atoms. The predicted octanol–water partition coefficient (Wildman–Crippen LogP) is 3.03. The van der Waals surface area contributed by atoms with Crippen LogP contribution in [0.1, 0.15) is 185 Å². The number of Topliss-reactive ketones (excluding diaryl/α,β-unsaturated/α-hetero) is 2. The van der Waals surface area contributed by atoms with E-state index in [-0.39, 0.29) is 184 Å². The smallest absolute Gasteiger partial charge is 0.306 e. The molecule has 0 radical (unpaired) electrons. The van der Waals surface area contributed by atoms with E-state index in [1.165, 1.54) is 0 Å². The van der Waals surface area contributed by atoms with Crippen molar-refractivity contribution in [3.8, 4) is 0 Å². The fourth-order valence-electron chi connectivity index (χ4n) is 9.48. The SMILES string of the molecule is CCC(C)NCCOCCOCCNC(=O)CCC(=O)C(C)(CC)N[C@@H](CCCCNC(CC)(CC)C(=O)CCC(=O)NCCOCCOCCNC(CC)CC)C(=O)NCCOCCOCCNC(=O)CCC(=O)NCCOCCOCCNC(=O)CCC(=O)OC(C)(C)C. The maximum absolute atomic E-state index is 13.9. The zero-order valence-electron chi connectivity index (χ0n) is 60.8. The first-order chi connectivity index (χ1) is 46.0. The summed E-state index contributed by atoms with van der Waals surface area (Å²) in [7, 11) is 0. The molecule has 0 aliphatic carbocycles. The number of amides is 6. The monoisotopic (exact) mass is 1370 g/mol. The molecule has 0 aliphatic rings. The second-order valence-electron chi connectivity index (χ2n) is 24.7. The molecule has 0 saturated heterocycles. The highest BCUT2D eigenvalue weighted by Gasteiger charge is 2.36. The van der Waals surface area contributed by atoms with Crippen LogP contribution in [0.25, 0.3) is 0 Å². The molecule has 3 atom stereocenters. The average Bonchev–Trinajstić information content (AvgIpc) is 0.861. The van der Waals surface area contributed by atoms with Crippen LogP contribution in [0, 0.1) is 0 Å². The van der Waals surface area contributed by atoms with Gasteiger partial charge in [0.2, 0.25) is 35.4 Å². The van der Waals surface area contributed by atoms with Gasteiger partial charge in [0.15, 0.2) is 11.6 Å². The first kappa shape index (κ1) is 91.2.